The van der Waals surface area contributed by atoms with Gasteiger partial charge in [0.05, 0.1) is 5.69 Å². The summed E-state index contributed by atoms with van der Waals surface area (Å²) in [4.78, 5) is 4.51. The van der Waals surface area contributed by atoms with Crippen molar-refractivity contribution in [2.45, 2.75) is 25.2 Å². The Balaban J connectivity index is 2.24. The summed E-state index contributed by atoms with van der Waals surface area (Å²) in [5.41, 5.74) is 2.03. The lowest BCUT2D eigenvalue weighted by molar-refractivity contribution is 0.400. The minimum absolute atomic E-state index is 0.590. The molecule has 1 fully saturated rings. The van der Waals surface area contributed by atoms with Crippen molar-refractivity contribution in [2.75, 3.05) is 12.4 Å². The lowest BCUT2D eigenvalue weighted by atomic mass is 9.85. The molecule has 16 heavy (non-hydrogen) atoms. The summed E-state index contributed by atoms with van der Waals surface area (Å²) in [6.07, 6.45) is 5.82. The second-order valence-corrected chi connectivity index (χ2v) is 4.64. The van der Waals surface area contributed by atoms with Crippen LogP contribution in [0.25, 0.3) is 5.52 Å². The molecule has 0 bridgehead atoms. The molecule has 0 aliphatic heterocycles. The van der Waals surface area contributed by atoms with Crippen molar-refractivity contribution in [3.8, 4) is 0 Å². The van der Waals surface area contributed by atoms with Gasteiger partial charge in [-0.3, -0.25) is 0 Å². The maximum absolute atomic E-state index is 6.21. The fraction of sp³-hybridized carbons (Fsp3) is 0.417. The Morgan fingerprint density at radius 1 is 1.50 bits per heavy atom. The van der Waals surface area contributed by atoms with Crippen LogP contribution in [0.2, 0.25) is 5.15 Å². The van der Waals surface area contributed by atoms with Gasteiger partial charge >= 0.3 is 0 Å². The van der Waals surface area contributed by atoms with Gasteiger partial charge < -0.3 is 9.72 Å². The molecule has 0 amide bonds. The van der Waals surface area contributed by atoms with Gasteiger partial charge in [0.15, 0.2) is 5.15 Å². The predicted octanol–water partition coefficient (Wildman–Crippen LogP) is 3.30. The zero-order valence-electron chi connectivity index (χ0n) is 9.20. The molecule has 4 heteroatoms. The van der Waals surface area contributed by atoms with Crippen molar-refractivity contribution < 1.29 is 0 Å². The topological polar surface area (TPSA) is 29.3 Å². The number of rotatable bonds is 2. The van der Waals surface area contributed by atoms with Gasteiger partial charge in [-0.05, 0) is 25.0 Å². The van der Waals surface area contributed by atoms with Crippen LogP contribution in [0.15, 0.2) is 18.3 Å². The van der Waals surface area contributed by atoms with E-state index < -0.39 is 0 Å². The quantitative estimate of drug-likeness (QED) is 0.866. The first kappa shape index (κ1) is 9.97. The summed E-state index contributed by atoms with van der Waals surface area (Å²) in [7, 11) is 1.90. The van der Waals surface area contributed by atoms with Crippen LogP contribution >= 0.6 is 11.6 Å². The highest BCUT2D eigenvalue weighted by atomic mass is 35.5. The molecular formula is C12H14ClN3. The minimum Gasteiger partial charge on any atom is -0.386 e. The first-order valence-electron chi connectivity index (χ1n) is 5.65. The molecular weight excluding hydrogens is 222 g/mol. The number of anilines is 1. The maximum Gasteiger partial charge on any atom is 0.157 e. The Bertz CT molecular complexity index is 528. The number of pyridine rings is 1. The van der Waals surface area contributed by atoms with Gasteiger partial charge in [-0.15, -0.1) is 0 Å². The SMILES string of the molecule is CNc1cccn2c(C3CCC3)nc(Cl)c12. The van der Waals surface area contributed by atoms with Gasteiger partial charge in [0, 0.05) is 19.2 Å². The van der Waals surface area contributed by atoms with E-state index in [1.807, 2.05) is 25.4 Å². The van der Waals surface area contributed by atoms with Gasteiger partial charge in [0.2, 0.25) is 0 Å². The Morgan fingerprint density at radius 2 is 2.31 bits per heavy atom. The van der Waals surface area contributed by atoms with Crippen molar-refractivity contribution in [1.82, 2.24) is 9.38 Å². The van der Waals surface area contributed by atoms with E-state index >= 15 is 0 Å². The van der Waals surface area contributed by atoms with Crippen LogP contribution in [-0.2, 0) is 0 Å². The first-order chi connectivity index (χ1) is 7.81. The number of nitrogens with one attached hydrogen (secondary N) is 1. The lowest BCUT2D eigenvalue weighted by Gasteiger charge is -2.23. The van der Waals surface area contributed by atoms with Gasteiger partial charge in [-0.25, -0.2) is 4.98 Å². The molecule has 3 nitrogen and oxygen atoms in total. The predicted molar refractivity (Wildman–Crippen MR) is 66.3 cm³/mol. The van der Waals surface area contributed by atoms with Gasteiger partial charge in [-0.1, -0.05) is 18.0 Å². The second kappa shape index (κ2) is 3.67. The zero-order chi connectivity index (χ0) is 11.1. The highest BCUT2D eigenvalue weighted by molar-refractivity contribution is 6.33. The smallest absolute Gasteiger partial charge is 0.157 e. The summed E-state index contributed by atoms with van der Waals surface area (Å²) < 4.78 is 2.12. The standard InChI is InChI=1S/C12H14ClN3/c1-14-9-6-3-7-16-10(9)11(13)15-12(16)8-4-2-5-8/h3,6-8,14H,2,4-5H2,1H3. The average Bonchev–Trinajstić information content (AvgIpc) is 2.54. The summed E-state index contributed by atoms with van der Waals surface area (Å²) in [5.74, 6) is 1.70. The van der Waals surface area contributed by atoms with Crippen LogP contribution in [0.4, 0.5) is 5.69 Å². The lowest BCUT2D eigenvalue weighted by Crippen LogP contribution is -2.12. The maximum atomic E-state index is 6.21. The number of hydrogen-bond acceptors (Lipinski definition) is 2. The van der Waals surface area contributed by atoms with Gasteiger partial charge in [-0.2, -0.15) is 0 Å². The number of imidazole rings is 1. The fourth-order valence-electron chi connectivity index (χ4n) is 2.27. The summed E-state index contributed by atoms with van der Waals surface area (Å²) in [6.45, 7) is 0. The molecule has 1 N–H and O–H groups in total. The van der Waals surface area contributed by atoms with Gasteiger partial charge in [0.25, 0.3) is 0 Å². The van der Waals surface area contributed by atoms with Crippen molar-refractivity contribution in [3.05, 3.63) is 29.3 Å². The Hall–Kier alpha value is -1.22. The largest absolute Gasteiger partial charge is 0.386 e. The molecule has 2 heterocycles. The van der Waals surface area contributed by atoms with E-state index in [1.54, 1.807) is 0 Å². The normalized spacial score (nSPS) is 16.4. The first-order valence-corrected chi connectivity index (χ1v) is 6.03. The van der Waals surface area contributed by atoms with Crippen LogP contribution in [0.3, 0.4) is 0 Å². The molecule has 2 aromatic heterocycles. The molecule has 84 valence electrons. The van der Waals surface area contributed by atoms with E-state index in [0.717, 1.165) is 17.0 Å². The van der Waals surface area contributed by atoms with Crippen molar-refractivity contribution in [2.24, 2.45) is 0 Å². The number of halogens is 1. The second-order valence-electron chi connectivity index (χ2n) is 4.28. The molecule has 1 aliphatic rings. The molecule has 3 rings (SSSR count). The van der Waals surface area contributed by atoms with E-state index in [2.05, 4.69) is 14.7 Å². The molecule has 0 spiro atoms. The Morgan fingerprint density at radius 3 is 2.94 bits per heavy atom. The molecule has 1 saturated carbocycles. The van der Waals surface area contributed by atoms with E-state index in [1.165, 1.54) is 19.3 Å². The molecule has 0 atom stereocenters. The monoisotopic (exact) mass is 235 g/mol. The zero-order valence-corrected chi connectivity index (χ0v) is 9.96. The van der Waals surface area contributed by atoms with Crippen LogP contribution in [0, 0.1) is 0 Å². The van der Waals surface area contributed by atoms with E-state index in [-0.39, 0.29) is 0 Å². The molecule has 0 aromatic carbocycles. The molecule has 0 unspecified atom stereocenters. The van der Waals surface area contributed by atoms with E-state index in [4.69, 9.17) is 11.6 Å². The van der Waals surface area contributed by atoms with Crippen molar-refractivity contribution in [3.63, 3.8) is 0 Å². The third kappa shape index (κ3) is 1.31. The highest BCUT2D eigenvalue weighted by Crippen LogP contribution is 2.38. The molecule has 1 aliphatic carbocycles. The van der Waals surface area contributed by atoms with Crippen LogP contribution in [0.5, 0.6) is 0 Å². The number of aromatic nitrogens is 2. The fourth-order valence-corrected chi connectivity index (χ4v) is 2.55. The molecule has 2 aromatic rings. The Kier molecular flexibility index (Phi) is 2.28. The summed E-state index contributed by atoms with van der Waals surface area (Å²) in [6, 6.07) is 4.05. The van der Waals surface area contributed by atoms with Crippen molar-refractivity contribution >= 4 is 22.8 Å². The third-order valence-corrected chi connectivity index (χ3v) is 3.65. The highest BCUT2D eigenvalue weighted by Gasteiger charge is 2.25. The van der Waals surface area contributed by atoms with Crippen LogP contribution in [-0.4, -0.2) is 16.4 Å². The number of fused-ring (bicyclic) bond motifs is 1. The molecule has 0 saturated heterocycles. The Labute approximate surface area is 99.4 Å². The summed E-state index contributed by atoms with van der Waals surface area (Å²) in [5, 5.41) is 3.76. The van der Waals surface area contributed by atoms with E-state index in [9.17, 15) is 0 Å². The average molecular weight is 236 g/mol. The minimum atomic E-state index is 0.590. The number of nitrogens with zero attached hydrogens (tertiary/aromatic N) is 2. The number of hydrogen-bond donors (Lipinski definition) is 1. The third-order valence-electron chi connectivity index (χ3n) is 3.39. The van der Waals surface area contributed by atoms with Crippen LogP contribution < -0.4 is 5.32 Å². The van der Waals surface area contributed by atoms with Crippen molar-refractivity contribution in [1.29, 1.82) is 0 Å². The van der Waals surface area contributed by atoms with Gasteiger partial charge in [0.1, 0.15) is 11.3 Å². The van der Waals surface area contributed by atoms with E-state index in [0.29, 0.717) is 11.1 Å². The van der Waals surface area contributed by atoms with Crippen LogP contribution in [0.1, 0.15) is 31.0 Å². The molecule has 0 radical (unpaired) electrons. The summed E-state index contributed by atoms with van der Waals surface area (Å²) >= 11 is 6.21.